The highest BCUT2D eigenvalue weighted by molar-refractivity contribution is 6.10. The molecule has 1 heterocycles. The minimum atomic E-state index is -0.560. The molecule has 154 valence electrons. The van der Waals surface area contributed by atoms with E-state index >= 15 is 0 Å². The number of carbonyl (C=O) groups is 1. The Labute approximate surface area is 180 Å². The Morgan fingerprint density at radius 1 is 0.968 bits per heavy atom. The second-order valence-electron chi connectivity index (χ2n) is 8.00. The van der Waals surface area contributed by atoms with Gasteiger partial charge in [0.15, 0.2) is 0 Å². The number of hydrogen-bond acceptors (Lipinski definition) is 4. The molecule has 0 radical (unpaired) electrons. The maximum absolute atomic E-state index is 12.5. The van der Waals surface area contributed by atoms with Crippen molar-refractivity contribution in [2.45, 2.75) is 25.8 Å². The molecule has 31 heavy (non-hydrogen) atoms. The summed E-state index contributed by atoms with van der Waals surface area (Å²) in [5.74, 6) is -0.560. The number of amides is 1. The van der Waals surface area contributed by atoms with E-state index in [9.17, 15) is 10.0 Å². The van der Waals surface area contributed by atoms with Gasteiger partial charge in [0, 0.05) is 22.7 Å². The van der Waals surface area contributed by atoms with Crippen molar-refractivity contribution >= 4 is 22.5 Å². The number of rotatable bonds is 4. The van der Waals surface area contributed by atoms with Crippen molar-refractivity contribution in [1.29, 1.82) is 0 Å². The Hall–Kier alpha value is -3.70. The lowest BCUT2D eigenvalue weighted by Gasteiger charge is -2.18. The van der Waals surface area contributed by atoms with E-state index in [1.807, 2.05) is 42.5 Å². The average molecular weight is 409 g/mol. The number of nitrogens with zero attached hydrogens (tertiary/aromatic N) is 1. The van der Waals surface area contributed by atoms with Gasteiger partial charge in [-0.1, -0.05) is 54.6 Å². The third kappa shape index (κ3) is 3.53. The first-order valence-electron chi connectivity index (χ1n) is 10.4. The zero-order valence-corrected chi connectivity index (χ0v) is 17.2. The summed E-state index contributed by atoms with van der Waals surface area (Å²) in [7, 11) is 0. The van der Waals surface area contributed by atoms with E-state index < -0.39 is 5.91 Å². The number of aryl methyl sites for hydroxylation is 1. The SMILES string of the molecule is Cc1nc2ccc(NC3Cc4ccccc4C3)cc2c(-c2ccccc2)c1C(=O)NO. The highest BCUT2D eigenvalue weighted by Crippen LogP contribution is 2.35. The van der Waals surface area contributed by atoms with Gasteiger partial charge in [-0.05, 0) is 54.7 Å². The Balaban J connectivity index is 1.61. The molecule has 4 aromatic rings. The first-order valence-corrected chi connectivity index (χ1v) is 10.4. The van der Waals surface area contributed by atoms with E-state index in [0.717, 1.165) is 40.6 Å². The fourth-order valence-electron chi connectivity index (χ4n) is 4.61. The molecule has 0 aliphatic heterocycles. The van der Waals surface area contributed by atoms with Gasteiger partial charge >= 0.3 is 0 Å². The fraction of sp³-hybridized carbons (Fsp3) is 0.154. The largest absolute Gasteiger partial charge is 0.382 e. The zero-order chi connectivity index (χ0) is 21.4. The van der Waals surface area contributed by atoms with Gasteiger partial charge in [-0.25, -0.2) is 5.48 Å². The number of pyridine rings is 1. The van der Waals surface area contributed by atoms with Crippen molar-refractivity contribution in [1.82, 2.24) is 10.5 Å². The number of hydrogen-bond donors (Lipinski definition) is 3. The van der Waals surface area contributed by atoms with Gasteiger partial charge in [0.1, 0.15) is 0 Å². The van der Waals surface area contributed by atoms with Crippen LogP contribution in [0.3, 0.4) is 0 Å². The van der Waals surface area contributed by atoms with Crippen LogP contribution in [0.1, 0.15) is 27.2 Å². The quantitative estimate of drug-likeness (QED) is 0.331. The minimum Gasteiger partial charge on any atom is -0.382 e. The molecule has 3 aromatic carbocycles. The van der Waals surface area contributed by atoms with E-state index in [-0.39, 0.29) is 0 Å². The number of aromatic nitrogens is 1. The molecule has 5 heteroatoms. The van der Waals surface area contributed by atoms with Crippen LogP contribution >= 0.6 is 0 Å². The average Bonchev–Trinajstić information content (AvgIpc) is 3.21. The zero-order valence-electron chi connectivity index (χ0n) is 17.2. The van der Waals surface area contributed by atoms with Crippen LogP contribution in [-0.4, -0.2) is 22.1 Å². The number of anilines is 1. The van der Waals surface area contributed by atoms with Crippen molar-refractivity contribution in [3.8, 4) is 11.1 Å². The van der Waals surface area contributed by atoms with Crippen LogP contribution in [0.15, 0.2) is 72.8 Å². The van der Waals surface area contributed by atoms with Crippen LogP contribution in [0.2, 0.25) is 0 Å². The Morgan fingerprint density at radius 2 is 1.65 bits per heavy atom. The van der Waals surface area contributed by atoms with Gasteiger partial charge in [0.05, 0.1) is 16.8 Å². The molecule has 1 aliphatic rings. The predicted octanol–water partition coefficient (Wildman–Crippen LogP) is 4.91. The third-order valence-electron chi connectivity index (χ3n) is 5.98. The number of carbonyl (C=O) groups excluding carboxylic acids is 1. The summed E-state index contributed by atoms with van der Waals surface area (Å²) in [6.45, 7) is 1.79. The van der Waals surface area contributed by atoms with Crippen LogP contribution < -0.4 is 10.8 Å². The molecule has 0 bridgehead atoms. The molecular weight excluding hydrogens is 386 g/mol. The van der Waals surface area contributed by atoms with Gasteiger partial charge in [-0.3, -0.25) is 15.0 Å². The van der Waals surface area contributed by atoms with Crippen molar-refractivity contribution < 1.29 is 10.0 Å². The van der Waals surface area contributed by atoms with E-state index in [1.54, 1.807) is 12.4 Å². The molecule has 0 saturated heterocycles. The van der Waals surface area contributed by atoms with Gasteiger partial charge in [-0.2, -0.15) is 0 Å². The van der Waals surface area contributed by atoms with E-state index in [0.29, 0.717) is 17.3 Å². The summed E-state index contributed by atoms with van der Waals surface area (Å²) in [4.78, 5) is 17.2. The molecule has 0 fully saturated rings. The van der Waals surface area contributed by atoms with E-state index in [1.165, 1.54) is 11.1 Å². The van der Waals surface area contributed by atoms with Crippen LogP contribution in [0, 0.1) is 6.92 Å². The van der Waals surface area contributed by atoms with Crippen molar-refractivity contribution in [3.63, 3.8) is 0 Å². The second kappa shape index (κ2) is 7.85. The number of benzene rings is 3. The number of hydroxylamine groups is 1. The second-order valence-corrected chi connectivity index (χ2v) is 8.00. The van der Waals surface area contributed by atoms with Crippen molar-refractivity contribution in [2.24, 2.45) is 0 Å². The Bertz CT molecular complexity index is 1260. The monoisotopic (exact) mass is 409 g/mol. The maximum Gasteiger partial charge on any atom is 0.277 e. The molecule has 0 atom stereocenters. The van der Waals surface area contributed by atoms with E-state index in [4.69, 9.17) is 0 Å². The van der Waals surface area contributed by atoms with E-state index in [2.05, 4.69) is 40.6 Å². The molecular formula is C26H23N3O2. The summed E-state index contributed by atoms with van der Waals surface area (Å²) >= 11 is 0. The van der Waals surface area contributed by atoms with Crippen LogP contribution in [-0.2, 0) is 12.8 Å². The van der Waals surface area contributed by atoms with Gasteiger partial charge in [-0.15, -0.1) is 0 Å². The molecule has 0 unspecified atom stereocenters. The first kappa shape index (κ1) is 19.3. The summed E-state index contributed by atoms with van der Waals surface area (Å²) in [5.41, 5.74) is 9.00. The minimum absolute atomic E-state index is 0.327. The molecule has 1 amide bonds. The summed E-state index contributed by atoms with van der Waals surface area (Å²) < 4.78 is 0. The Morgan fingerprint density at radius 3 is 2.32 bits per heavy atom. The summed E-state index contributed by atoms with van der Waals surface area (Å²) in [5, 5.41) is 13.9. The maximum atomic E-state index is 12.5. The van der Waals surface area contributed by atoms with Crippen LogP contribution in [0.5, 0.6) is 0 Å². The van der Waals surface area contributed by atoms with Crippen LogP contribution in [0.25, 0.3) is 22.0 Å². The molecule has 0 saturated carbocycles. The van der Waals surface area contributed by atoms with Crippen molar-refractivity contribution in [3.05, 3.63) is 95.2 Å². The predicted molar refractivity (Wildman–Crippen MR) is 122 cm³/mol. The summed E-state index contributed by atoms with van der Waals surface area (Å²) in [6, 6.07) is 24.7. The molecule has 3 N–H and O–H groups in total. The van der Waals surface area contributed by atoms with Crippen LogP contribution in [0.4, 0.5) is 5.69 Å². The first-order chi connectivity index (χ1) is 15.1. The Kier molecular flexibility index (Phi) is 4.88. The third-order valence-corrected chi connectivity index (χ3v) is 5.98. The van der Waals surface area contributed by atoms with Gasteiger partial charge < -0.3 is 5.32 Å². The number of fused-ring (bicyclic) bond motifs is 2. The highest BCUT2D eigenvalue weighted by atomic mass is 16.5. The topological polar surface area (TPSA) is 74.2 Å². The summed E-state index contributed by atoms with van der Waals surface area (Å²) in [6.07, 6.45) is 1.98. The lowest BCUT2D eigenvalue weighted by Crippen LogP contribution is -2.22. The van der Waals surface area contributed by atoms with Crippen molar-refractivity contribution in [2.75, 3.05) is 5.32 Å². The molecule has 5 nitrogen and oxygen atoms in total. The molecule has 1 aromatic heterocycles. The standard InChI is InChI=1S/C26H23N3O2/c1-16-24(26(30)29-31)25(17-7-3-2-4-8-17)22-15-20(11-12-23(22)27-16)28-21-13-18-9-5-6-10-19(18)14-21/h2-12,15,21,28,31H,13-14H2,1H3,(H,29,30). The lowest BCUT2D eigenvalue weighted by molar-refractivity contribution is 0.0706. The molecule has 5 rings (SSSR count). The molecule has 0 spiro atoms. The van der Waals surface area contributed by atoms with Gasteiger partial charge in [0.25, 0.3) is 5.91 Å². The fourth-order valence-corrected chi connectivity index (χ4v) is 4.61. The highest BCUT2D eigenvalue weighted by Gasteiger charge is 2.23. The molecule has 1 aliphatic carbocycles. The lowest BCUT2D eigenvalue weighted by atomic mass is 9.93. The number of nitrogens with one attached hydrogen (secondary N) is 2. The smallest absolute Gasteiger partial charge is 0.277 e. The van der Waals surface area contributed by atoms with Gasteiger partial charge in [0.2, 0.25) is 0 Å². The normalized spacial score (nSPS) is 13.2.